The predicted molar refractivity (Wildman–Crippen MR) is 99.1 cm³/mol. The summed E-state index contributed by atoms with van der Waals surface area (Å²) < 4.78 is 10.6. The van der Waals surface area contributed by atoms with Crippen LogP contribution in [0.5, 0.6) is 11.5 Å². The number of carbonyl (C=O) groups is 2. The number of benzene rings is 1. The van der Waals surface area contributed by atoms with Gasteiger partial charge in [0.25, 0.3) is 0 Å². The van der Waals surface area contributed by atoms with Gasteiger partial charge in [0, 0.05) is 17.7 Å². The van der Waals surface area contributed by atoms with E-state index < -0.39 is 6.04 Å². The van der Waals surface area contributed by atoms with Crippen LogP contribution in [0.3, 0.4) is 0 Å². The third-order valence-electron chi connectivity index (χ3n) is 5.27. The van der Waals surface area contributed by atoms with Gasteiger partial charge in [0.1, 0.15) is 6.04 Å². The number of ether oxygens (including phenoxy) is 2. The lowest BCUT2D eigenvalue weighted by molar-refractivity contribution is -0.131. The molecule has 2 N–H and O–H groups in total. The molecule has 1 aromatic rings. The molecule has 1 fully saturated rings. The maximum absolute atomic E-state index is 12.7. The number of fused-ring (bicyclic) bond motifs is 1. The van der Waals surface area contributed by atoms with Crippen molar-refractivity contribution in [1.82, 2.24) is 5.32 Å². The molecular formula is C20H28N2O4. The van der Waals surface area contributed by atoms with Crippen LogP contribution < -0.4 is 20.1 Å². The van der Waals surface area contributed by atoms with Crippen molar-refractivity contribution < 1.29 is 19.1 Å². The largest absolute Gasteiger partial charge is 0.454 e. The van der Waals surface area contributed by atoms with E-state index in [0.717, 1.165) is 25.7 Å². The Bertz CT molecular complexity index is 666. The Kier molecular flexibility index (Phi) is 5.69. The molecule has 26 heavy (non-hydrogen) atoms. The van der Waals surface area contributed by atoms with Crippen molar-refractivity contribution in [3.63, 3.8) is 0 Å². The maximum atomic E-state index is 12.7. The molecule has 2 aliphatic rings. The van der Waals surface area contributed by atoms with Gasteiger partial charge in [-0.15, -0.1) is 0 Å². The van der Waals surface area contributed by atoms with E-state index in [2.05, 4.69) is 17.6 Å². The van der Waals surface area contributed by atoms with Gasteiger partial charge >= 0.3 is 0 Å². The summed E-state index contributed by atoms with van der Waals surface area (Å²) in [5.41, 5.74) is 0.630. The highest BCUT2D eigenvalue weighted by molar-refractivity contribution is 5.97. The summed E-state index contributed by atoms with van der Waals surface area (Å²) in [4.78, 5) is 25.3. The number of amides is 2. The SMILES string of the molecule is CC1CCC(C(=O)N[C@H](C(=O)Nc2ccc3c(c2)OCO3)C(C)C)CC1. The van der Waals surface area contributed by atoms with Crippen molar-refractivity contribution in [2.75, 3.05) is 12.1 Å². The summed E-state index contributed by atoms with van der Waals surface area (Å²) >= 11 is 0. The van der Waals surface area contributed by atoms with Crippen molar-refractivity contribution >= 4 is 17.5 Å². The first-order valence-corrected chi connectivity index (χ1v) is 9.45. The van der Waals surface area contributed by atoms with Crippen LogP contribution in [-0.4, -0.2) is 24.6 Å². The van der Waals surface area contributed by atoms with Gasteiger partial charge < -0.3 is 20.1 Å². The topological polar surface area (TPSA) is 76.7 Å². The Labute approximate surface area is 154 Å². The second kappa shape index (κ2) is 7.98. The zero-order chi connectivity index (χ0) is 18.7. The first-order chi connectivity index (χ1) is 12.4. The highest BCUT2D eigenvalue weighted by Gasteiger charge is 2.30. The summed E-state index contributed by atoms with van der Waals surface area (Å²) in [6.45, 7) is 6.29. The van der Waals surface area contributed by atoms with E-state index in [9.17, 15) is 9.59 Å². The molecule has 1 aromatic carbocycles. The zero-order valence-electron chi connectivity index (χ0n) is 15.7. The first kappa shape index (κ1) is 18.5. The van der Waals surface area contributed by atoms with Gasteiger partial charge in [-0.1, -0.05) is 20.8 Å². The van der Waals surface area contributed by atoms with Crippen LogP contribution in [0.1, 0.15) is 46.5 Å². The van der Waals surface area contributed by atoms with Gasteiger partial charge in [0.05, 0.1) is 0 Å². The molecule has 0 radical (unpaired) electrons. The van der Waals surface area contributed by atoms with E-state index in [0.29, 0.717) is 23.1 Å². The minimum Gasteiger partial charge on any atom is -0.454 e. The normalized spacial score (nSPS) is 22.8. The molecule has 1 atom stereocenters. The predicted octanol–water partition coefficient (Wildman–Crippen LogP) is 3.32. The van der Waals surface area contributed by atoms with E-state index in [1.165, 1.54) is 0 Å². The average Bonchev–Trinajstić information content (AvgIpc) is 3.07. The van der Waals surface area contributed by atoms with Gasteiger partial charge in [-0.2, -0.15) is 0 Å². The van der Waals surface area contributed by atoms with Gasteiger partial charge in [-0.05, 0) is 49.7 Å². The lowest BCUT2D eigenvalue weighted by Gasteiger charge is -2.28. The average molecular weight is 360 g/mol. The van der Waals surface area contributed by atoms with E-state index in [1.54, 1.807) is 18.2 Å². The summed E-state index contributed by atoms with van der Waals surface area (Å²) in [6, 6.07) is 4.71. The Balaban J connectivity index is 1.61. The quantitative estimate of drug-likeness (QED) is 0.844. The van der Waals surface area contributed by atoms with Crippen LogP contribution in [0.25, 0.3) is 0 Å². The summed E-state index contributed by atoms with van der Waals surface area (Å²) in [5.74, 6) is 1.77. The number of rotatable bonds is 5. The standard InChI is InChI=1S/C20H28N2O4/c1-12(2)18(22-19(23)14-6-4-13(3)5-7-14)20(24)21-15-8-9-16-17(10-15)26-11-25-16/h8-10,12-14,18H,4-7,11H2,1-3H3,(H,21,24)(H,22,23)/t13?,14?,18-/m0/s1. The van der Waals surface area contributed by atoms with Gasteiger partial charge in [0.15, 0.2) is 11.5 Å². The molecule has 2 amide bonds. The summed E-state index contributed by atoms with van der Waals surface area (Å²) in [7, 11) is 0. The van der Waals surface area contributed by atoms with Gasteiger partial charge in [-0.25, -0.2) is 0 Å². The minimum atomic E-state index is -0.563. The molecule has 6 heteroatoms. The fourth-order valence-corrected chi connectivity index (χ4v) is 3.52. The van der Waals surface area contributed by atoms with Crippen molar-refractivity contribution in [1.29, 1.82) is 0 Å². The van der Waals surface area contributed by atoms with Crippen molar-refractivity contribution in [3.8, 4) is 11.5 Å². The fourth-order valence-electron chi connectivity index (χ4n) is 3.52. The van der Waals surface area contributed by atoms with Gasteiger partial charge in [0.2, 0.25) is 18.6 Å². The first-order valence-electron chi connectivity index (χ1n) is 9.45. The third kappa shape index (κ3) is 4.29. The van der Waals surface area contributed by atoms with Gasteiger partial charge in [-0.3, -0.25) is 9.59 Å². The van der Waals surface area contributed by atoms with Crippen LogP contribution >= 0.6 is 0 Å². The minimum absolute atomic E-state index is 0.00330. The van der Waals surface area contributed by atoms with Crippen molar-refractivity contribution in [2.24, 2.45) is 17.8 Å². The van der Waals surface area contributed by atoms with E-state index in [-0.39, 0.29) is 30.4 Å². The second-order valence-electron chi connectivity index (χ2n) is 7.74. The third-order valence-corrected chi connectivity index (χ3v) is 5.27. The van der Waals surface area contributed by atoms with E-state index in [1.807, 2.05) is 13.8 Å². The molecular weight excluding hydrogens is 332 g/mol. The molecule has 1 saturated carbocycles. The van der Waals surface area contributed by atoms with Crippen LogP contribution in [0.15, 0.2) is 18.2 Å². The molecule has 1 heterocycles. The van der Waals surface area contributed by atoms with Crippen molar-refractivity contribution in [3.05, 3.63) is 18.2 Å². The Morgan fingerprint density at radius 1 is 1.08 bits per heavy atom. The maximum Gasteiger partial charge on any atom is 0.247 e. The van der Waals surface area contributed by atoms with E-state index >= 15 is 0 Å². The zero-order valence-corrected chi connectivity index (χ0v) is 15.7. The molecule has 0 bridgehead atoms. The van der Waals surface area contributed by atoms with Crippen LogP contribution in [0.4, 0.5) is 5.69 Å². The van der Waals surface area contributed by atoms with E-state index in [4.69, 9.17) is 9.47 Å². The Hall–Kier alpha value is -2.24. The Morgan fingerprint density at radius 2 is 1.77 bits per heavy atom. The lowest BCUT2D eigenvalue weighted by atomic mass is 9.82. The Morgan fingerprint density at radius 3 is 2.46 bits per heavy atom. The molecule has 1 aliphatic carbocycles. The molecule has 3 rings (SSSR count). The highest BCUT2D eigenvalue weighted by Crippen LogP contribution is 2.34. The number of nitrogens with one attached hydrogen (secondary N) is 2. The molecule has 0 spiro atoms. The fraction of sp³-hybridized carbons (Fsp3) is 0.600. The number of hydrogen-bond acceptors (Lipinski definition) is 4. The lowest BCUT2D eigenvalue weighted by Crippen LogP contribution is -2.49. The molecule has 1 aliphatic heterocycles. The van der Waals surface area contributed by atoms with Crippen LogP contribution in [0.2, 0.25) is 0 Å². The molecule has 0 aromatic heterocycles. The number of anilines is 1. The number of hydrogen-bond donors (Lipinski definition) is 2. The molecule has 142 valence electrons. The monoisotopic (exact) mass is 360 g/mol. The smallest absolute Gasteiger partial charge is 0.247 e. The summed E-state index contributed by atoms with van der Waals surface area (Å²) in [5, 5.41) is 5.85. The van der Waals surface area contributed by atoms with Crippen molar-refractivity contribution in [2.45, 2.75) is 52.5 Å². The number of carbonyl (C=O) groups excluding carboxylic acids is 2. The molecule has 0 saturated heterocycles. The highest BCUT2D eigenvalue weighted by atomic mass is 16.7. The van der Waals surface area contributed by atoms with Crippen LogP contribution in [-0.2, 0) is 9.59 Å². The summed E-state index contributed by atoms with van der Waals surface area (Å²) in [6.07, 6.45) is 3.96. The van der Waals surface area contributed by atoms with Crippen LogP contribution in [0, 0.1) is 17.8 Å². The second-order valence-corrected chi connectivity index (χ2v) is 7.74. The molecule has 6 nitrogen and oxygen atoms in total. The molecule has 0 unspecified atom stereocenters.